The lowest BCUT2D eigenvalue weighted by molar-refractivity contribution is 0.102. The van der Waals surface area contributed by atoms with Crippen molar-refractivity contribution in [3.63, 3.8) is 0 Å². The Morgan fingerprint density at radius 1 is 1.35 bits per heavy atom. The van der Waals surface area contributed by atoms with Crippen LogP contribution in [0.3, 0.4) is 0 Å². The molecule has 0 aliphatic carbocycles. The number of hydrogen-bond acceptors (Lipinski definition) is 7. The smallest absolute Gasteiger partial charge is 0.257 e. The third-order valence-corrected chi connectivity index (χ3v) is 6.44. The Morgan fingerprint density at radius 2 is 2.22 bits per heavy atom. The molecule has 1 N–H and O–H groups in total. The predicted molar refractivity (Wildman–Crippen MR) is 99.7 cm³/mol. The van der Waals surface area contributed by atoms with Gasteiger partial charge in [-0.2, -0.15) is 0 Å². The average Bonchev–Trinajstić information content (AvgIpc) is 3.24. The number of aromatic nitrogens is 2. The summed E-state index contributed by atoms with van der Waals surface area (Å²) in [4.78, 5) is 16.9. The third-order valence-electron chi connectivity index (χ3n) is 3.16. The maximum Gasteiger partial charge on any atom is 0.257 e. The number of nitrogens with one attached hydrogen (secondary N) is 1. The second-order valence-corrected chi connectivity index (χ2v) is 8.12. The first-order valence-electron chi connectivity index (χ1n) is 7.28. The summed E-state index contributed by atoms with van der Waals surface area (Å²) < 4.78 is 1.11. The van der Waals surface area contributed by atoms with Gasteiger partial charge in [0.15, 0.2) is 0 Å². The first-order valence-corrected chi connectivity index (χ1v) is 10.1. The second kappa shape index (κ2) is 7.94. The topological polar surface area (TPSA) is 67.2 Å². The zero-order chi connectivity index (χ0) is 16.1. The molecule has 0 unspecified atom stereocenters. The molecule has 5 nitrogen and oxygen atoms in total. The van der Waals surface area contributed by atoms with Crippen molar-refractivity contribution in [1.29, 1.82) is 0 Å². The van der Waals surface area contributed by atoms with Gasteiger partial charge in [-0.15, -0.1) is 10.2 Å². The van der Waals surface area contributed by atoms with Crippen LogP contribution >= 0.6 is 34.9 Å². The second-order valence-electron chi connectivity index (χ2n) is 4.75. The number of aryl methyl sites for hydroxylation is 1. The summed E-state index contributed by atoms with van der Waals surface area (Å²) in [7, 11) is 0. The maximum absolute atomic E-state index is 12.5. The number of carbonyl (C=O) groups is 1. The van der Waals surface area contributed by atoms with Gasteiger partial charge in [0.25, 0.3) is 5.91 Å². The van der Waals surface area contributed by atoms with E-state index in [-0.39, 0.29) is 5.91 Å². The number of thioether (sulfide) groups is 2. The van der Waals surface area contributed by atoms with Crippen LogP contribution in [0.2, 0.25) is 0 Å². The van der Waals surface area contributed by atoms with Crippen molar-refractivity contribution in [2.45, 2.75) is 19.1 Å². The van der Waals surface area contributed by atoms with Gasteiger partial charge in [0.05, 0.1) is 6.54 Å². The lowest BCUT2D eigenvalue weighted by Gasteiger charge is -2.08. The summed E-state index contributed by atoms with van der Waals surface area (Å²) in [5.74, 6) is 1.66. The molecule has 0 bridgehead atoms. The van der Waals surface area contributed by atoms with Crippen LogP contribution in [0.15, 0.2) is 29.3 Å². The fraction of sp³-hybridized carbons (Fsp3) is 0.333. The zero-order valence-corrected chi connectivity index (χ0v) is 15.1. The Balaban J connectivity index is 1.69. The van der Waals surface area contributed by atoms with E-state index >= 15 is 0 Å². The summed E-state index contributed by atoms with van der Waals surface area (Å²) in [5.41, 5.74) is 1.68. The molecule has 0 fully saturated rings. The molecule has 1 aliphatic rings. The molecule has 0 spiro atoms. The maximum atomic E-state index is 12.5. The van der Waals surface area contributed by atoms with Crippen LogP contribution in [0.4, 0.5) is 5.13 Å². The fourth-order valence-corrected chi connectivity index (χ4v) is 4.71. The van der Waals surface area contributed by atoms with Crippen molar-refractivity contribution >= 4 is 50.3 Å². The first kappa shape index (κ1) is 16.5. The highest BCUT2D eigenvalue weighted by Gasteiger charge is 2.15. The standard InChI is InChI=1S/C15H16N4OS3/c1-2-12-18-19-14(23-12)17-13(20)11-6-4-3-5-10(11)9-22-15-16-7-8-21-15/h3-6H,2,7-9H2,1H3,(H,17,19,20). The van der Waals surface area contributed by atoms with E-state index < -0.39 is 0 Å². The van der Waals surface area contributed by atoms with Gasteiger partial charge < -0.3 is 0 Å². The number of amides is 1. The van der Waals surface area contributed by atoms with E-state index in [1.54, 1.807) is 23.5 Å². The minimum absolute atomic E-state index is 0.138. The third kappa shape index (κ3) is 4.33. The Morgan fingerprint density at radius 3 is 2.96 bits per heavy atom. The van der Waals surface area contributed by atoms with Gasteiger partial charge >= 0.3 is 0 Å². The van der Waals surface area contributed by atoms with Crippen molar-refractivity contribution in [3.8, 4) is 0 Å². The van der Waals surface area contributed by atoms with E-state index in [1.807, 2.05) is 31.2 Å². The SMILES string of the molecule is CCc1nnc(NC(=O)c2ccccc2CSC2=NCCS2)s1. The number of benzene rings is 1. The Kier molecular flexibility index (Phi) is 5.69. The quantitative estimate of drug-likeness (QED) is 0.876. The Bertz CT molecular complexity index is 729. The number of nitrogens with zero attached hydrogens (tertiary/aromatic N) is 3. The van der Waals surface area contributed by atoms with Crippen molar-refractivity contribution in [2.75, 3.05) is 17.6 Å². The van der Waals surface area contributed by atoms with Crippen LogP contribution in [0, 0.1) is 0 Å². The Hall–Kier alpha value is -1.38. The molecule has 1 aliphatic heterocycles. The van der Waals surface area contributed by atoms with Crippen molar-refractivity contribution < 1.29 is 4.79 Å². The molecule has 0 saturated carbocycles. The van der Waals surface area contributed by atoms with E-state index in [1.165, 1.54) is 11.3 Å². The summed E-state index contributed by atoms with van der Waals surface area (Å²) >= 11 is 4.88. The van der Waals surface area contributed by atoms with Gasteiger partial charge in [-0.3, -0.25) is 15.1 Å². The lowest BCUT2D eigenvalue weighted by Crippen LogP contribution is -2.14. The van der Waals surface area contributed by atoms with E-state index in [0.717, 1.165) is 39.4 Å². The molecule has 120 valence electrons. The molecule has 2 heterocycles. The minimum atomic E-state index is -0.138. The van der Waals surface area contributed by atoms with E-state index in [4.69, 9.17) is 0 Å². The van der Waals surface area contributed by atoms with E-state index in [2.05, 4.69) is 20.5 Å². The highest BCUT2D eigenvalue weighted by molar-refractivity contribution is 8.38. The van der Waals surface area contributed by atoms with Crippen molar-refractivity contribution in [3.05, 3.63) is 40.4 Å². The number of anilines is 1. The highest BCUT2D eigenvalue weighted by Crippen LogP contribution is 2.27. The van der Waals surface area contributed by atoms with Gasteiger partial charge in [0.1, 0.15) is 9.38 Å². The summed E-state index contributed by atoms with van der Waals surface area (Å²) in [6.07, 6.45) is 0.820. The first-order chi connectivity index (χ1) is 11.3. The van der Waals surface area contributed by atoms with Gasteiger partial charge in [-0.1, -0.05) is 60.0 Å². The van der Waals surface area contributed by atoms with Crippen LogP contribution in [0.25, 0.3) is 0 Å². The average molecular weight is 365 g/mol. The van der Waals surface area contributed by atoms with Gasteiger partial charge in [0, 0.05) is 17.1 Å². The minimum Gasteiger partial charge on any atom is -0.296 e. The van der Waals surface area contributed by atoms with E-state index in [9.17, 15) is 4.79 Å². The molecule has 1 amide bonds. The predicted octanol–water partition coefficient (Wildman–Crippen LogP) is 3.69. The molecular formula is C15H16N4OS3. The van der Waals surface area contributed by atoms with Crippen LogP contribution in [-0.2, 0) is 12.2 Å². The van der Waals surface area contributed by atoms with Crippen LogP contribution < -0.4 is 5.32 Å². The molecule has 23 heavy (non-hydrogen) atoms. The van der Waals surface area contributed by atoms with Crippen LogP contribution in [0.5, 0.6) is 0 Å². The van der Waals surface area contributed by atoms with Crippen LogP contribution in [0.1, 0.15) is 27.9 Å². The molecule has 1 aromatic carbocycles. The van der Waals surface area contributed by atoms with Gasteiger partial charge in [-0.05, 0) is 18.1 Å². The zero-order valence-electron chi connectivity index (χ0n) is 12.6. The molecular weight excluding hydrogens is 348 g/mol. The van der Waals surface area contributed by atoms with Gasteiger partial charge in [0.2, 0.25) is 5.13 Å². The number of hydrogen-bond donors (Lipinski definition) is 1. The highest BCUT2D eigenvalue weighted by atomic mass is 32.2. The molecule has 3 rings (SSSR count). The molecule has 1 aromatic heterocycles. The normalized spacial score (nSPS) is 13.9. The molecule has 2 aromatic rings. The fourth-order valence-electron chi connectivity index (χ4n) is 2.02. The Labute approximate surface area is 147 Å². The summed E-state index contributed by atoms with van der Waals surface area (Å²) in [6, 6.07) is 7.66. The van der Waals surface area contributed by atoms with Gasteiger partial charge in [-0.25, -0.2) is 0 Å². The number of aliphatic imine (C=N–C) groups is 1. The molecule has 0 atom stereocenters. The molecule has 0 radical (unpaired) electrons. The number of carbonyl (C=O) groups excluding carboxylic acids is 1. The van der Waals surface area contributed by atoms with E-state index in [0.29, 0.717) is 10.7 Å². The monoisotopic (exact) mass is 364 g/mol. The van der Waals surface area contributed by atoms with Crippen molar-refractivity contribution in [2.24, 2.45) is 4.99 Å². The largest absolute Gasteiger partial charge is 0.296 e. The summed E-state index contributed by atoms with van der Waals surface area (Å²) in [5, 5.41) is 12.3. The number of rotatable bonds is 5. The lowest BCUT2D eigenvalue weighted by atomic mass is 10.1. The summed E-state index contributed by atoms with van der Waals surface area (Å²) in [6.45, 7) is 2.91. The van der Waals surface area contributed by atoms with Crippen molar-refractivity contribution in [1.82, 2.24) is 10.2 Å². The molecule has 0 saturated heterocycles. The van der Waals surface area contributed by atoms with Crippen LogP contribution in [-0.4, -0.2) is 32.8 Å². The molecule has 8 heteroatoms.